The van der Waals surface area contributed by atoms with Gasteiger partial charge in [0.1, 0.15) is 11.4 Å². The molecule has 0 fully saturated rings. The summed E-state index contributed by atoms with van der Waals surface area (Å²) in [7, 11) is 1.58. The first-order valence-corrected chi connectivity index (χ1v) is 7.93. The van der Waals surface area contributed by atoms with E-state index in [2.05, 4.69) is 10.3 Å². The first kappa shape index (κ1) is 15.8. The normalized spacial score (nSPS) is 10.8. The maximum absolute atomic E-state index is 6.20. The van der Waals surface area contributed by atoms with Crippen molar-refractivity contribution in [2.75, 3.05) is 19.0 Å². The minimum atomic E-state index is 0.507. The van der Waals surface area contributed by atoms with Crippen LogP contribution in [0.2, 0.25) is 10.0 Å². The molecule has 0 aliphatic rings. The number of aromatic nitrogens is 2. The summed E-state index contributed by atoms with van der Waals surface area (Å²) >= 11 is 12.2. The number of nitrogens with one attached hydrogen (secondary N) is 1. The number of anilines is 1. The third-order valence-corrected chi connectivity index (χ3v) is 3.95. The SMILES string of the molecule is CCNc1nc2cc(OC)c(Cl)cc2nc1-c1ccc(Cl)cc1. The molecule has 0 atom stereocenters. The van der Waals surface area contributed by atoms with Crippen LogP contribution in [0.4, 0.5) is 5.82 Å². The van der Waals surface area contributed by atoms with Gasteiger partial charge in [-0.1, -0.05) is 35.3 Å². The molecule has 1 heterocycles. The topological polar surface area (TPSA) is 47.0 Å². The number of ether oxygens (including phenoxy) is 1. The molecule has 3 rings (SSSR count). The number of nitrogens with zero attached hydrogens (tertiary/aromatic N) is 2. The number of hydrogen-bond acceptors (Lipinski definition) is 4. The highest BCUT2D eigenvalue weighted by molar-refractivity contribution is 6.32. The number of methoxy groups -OCH3 is 1. The van der Waals surface area contributed by atoms with Crippen LogP contribution in [0.3, 0.4) is 0 Å². The maximum atomic E-state index is 6.20. The lowest BCUT2D eigenvalue weighted by molar-refractivity contribution is 0.415. The third-order valence-electron chi connectivity index (χ3n) is 3.40. The van der Waals surface area contributed by atoms with Gasteiger partial charge >= 0.3 is 0 Å². The van der Waals surface area contributed by atoms with Crippen molar-refractivity contribution in [2.24, 2.45) is 0 Å². The van der Waals surface area contributed by atoms with Gasteiger partial charge in [-0.15, -0.1) is 0 Å². The molecule has 4 nitrogen and oxygen atoms in total. The average molecular weight is 348 g/mol. The Morgan fingerprint density at radius 1 is 1.04 bits per heavy atom. The fourth-order valence-corrected chi connectivity index (χ4v) is 2.68. The zero-order valence-electron chi connectivity index (χ0n) is 12.7. The van der Waals surface area contributed by atoms with E-state index in [1.807, 2.05) is 31.2 Å². The van der Waals surface area contributed by atoms with Crippen molar-refractivity contribution in [2.45, 2.75) is 6.92 Å². The monoisotopic (exact) mass is 347 g/mol. The molecule has 3 aromatic rings. The molecule has 0 saturated heterocycles. The second-order valence-electron chi connectivity index (χ2n) is 4.93. The fraction of sp³-hybridized carbons (Fsp3) is 0.176. The summed E-state index contributed by atoms with van der Waals surface area (Å²) in [5.74, 6) is 1.29. The number of halogens is 2. The minimum absolute atomic E-state index is 0.507. The number of benzene rings is 2. The molecule has 0 aliphatic carbocycles. The lowest BCUT2D eigenvalue weighted by Crippen LogP contribution is -2.04. The van der Waals surface area contributed by atoms with Crippen LogP contribution >= 0.6 is 23.2 Å². The maximum Gasteiger partial charge on any atom is 0.153 e. The van der Waals surface area contributed by atoms with Gasteiger partial charge in [-0.2, -0.15) is 0 Å². The van der Waals surface area contributed by atoms with Crippen LogP contribution in [0.15, 0.2) is 36.4 Å². The van der Waals surface area contributed by atoms with E-state index in [-0.39, 0.29) is 0 Å². The summed E-state index contributed by atoms with van der Waals surface area (Å²) in [5, 5.41) is 4.44. The van der Waals surface area contributed by atoms with Crippen LogP contribution in [-0.4, -0.2) is 23.6 Å². The van der Waals surface area contributed by atoms with Gasteiger partial charge in [0.15, 0.2) is 5.82 Å². The van der Waals surface area contributed by atoms with Crippen molar-refractivity contribution in [1.82, 2.24) is 9.97 Å². The second-order valence-corrected chi connectivity index (χ2v) is 5.78. The van der Waals surface area contributed by atoms with E-state index >= 15 is 0 Å². The van der Waals surface area contributed by atoms with Crippen LogP contribution in [0.25, 0.3) is 22.3 Å². The molecule has 0 unspecified atom stereocenters. The quantitative estimate of drug-likeness (QED) is 0.717. The molecule has 0 aliphatic heterocycles. The van der Waals surface area contributed by atoms with Crippen LogP contribution in [0.1, 0.15) is 6.92 Å². The molecule has 2 aromatic carbocycles. The standard InChI is InChI=1S/C17H15Cl2N3O/c1-3-20-17-16(10-4-6-11(18)7-5-10)21-13-8-12(19)15(23-2)9-14(13)22-17/h4-9H,3H2,1-2H3,(H,20,22). The fourth-order valence-electron chi connectivity index (χ4n) is 2.31. The average Bonchev–Trinajstić information content (AvgIpc) is 2.55. The zero-order valence-corrected chi connectivity index (χ0v) is 14.2. The van der Waals surface area contributed by atoms with Crippen molar-refractivity contribution >= 4 is 40.1 Å². The Balaban J connectivity index is 2.22. The van der Waals surface area contributed by atoms with E-state index in [1.54, 1.807) is 19.2 Å². The first-order valence-electron chi connectivity index (χ1n) is 7.17. The lowest BCUT2D eigenvalue weighted by atomic mass is 10.1. The number of rotatable bonds is 4. The van der Waals surface area contributed by atoms with Crippen LogP contribution in [-0.2, 0) is 0 Å². The highest BCUT2D eigenvalue weighted by Gasteiger charge is 2.13. The smallest absolute Gasteiger partial charge is 0.153 e. The molecule has 0 radical (unpaired) electrons. The molecule has 0 amide bonds. The van der Waals surface area contributed by atoms with Gasteiger partial charge in [0.2, 0.25) is 0 Å². The summed E-state index contributed by atoms with van der Waals surface area (Å²) < 4.78 is 5.25. The molecule has 6 heteroatoms. The van der Waals surface area contributed by atoms with E-state index in [0.717, 1.165) is 23.3 Å². The Kier molecular flexibility index (Phi) is 4.55. The Hall–Kier alpha value is -2.04. The number of hydrogen-bond donors (Lipinski definition) is 1. The third kappa shape index (κ3) is 3.19. The molecule has 0 spiro atoms. The predicted molar refractivity (Wildman–Crippen MR) is 95.7 cm³/mol. The van der Waals surface area contributed by atoms with Crippen molar-refractivity contribution in [1.29, 1.82) is 0 Å². The Bertz CT molecular complexity index is 851. The second kappa shape index (κ2) is 6.60. The summed E-state index contributed by atoms with van der Waals surface area (Å²) in [4.78, 5) is 9.39. The van der Waals surface area contributed by atoms with Crippen molar-refractivity contribution in [3.8, 4) is 17.0 Å². The van der Waals surface area contributed by atoms with Gasteiger partial charge in [0, 0.05) is 23.2 Å². The molecule has 118 valence electrons. The molecular formula is C17H15Cl2N3O. The van der Waals surface area contributed by atoms with E-state index in [0.29, 0.717) is 27.1 Å². The zero-order chi connectivity index (χ0) is 16.4. The van der Waals surface area contributed by atoms with Crippen molar-refractivity contribution in [3.63, 3.8) is 0 Å². The van der Waals surface area contributed by atoms with Gasteiger partial charge in [0.05, 0.1) is 23.2 Å². The van der Waals surface area contributed by atoms with Crippen molar-refractivity contribution < 1.29 is 4.74 Å². The molecule has 1 N–H and O–H groups in total. The van der Waals surface area contributed by atoms with Gasteiger partial charge in [-0.3, -0.25) is 0 Å². The lowest BCUT2D eigenvalue weighted by Gasteiger charge is -2.12. The van der Waals surface area contributed by atoms with Gasteiger partial charge in [-0.25, -0.2) is 9.97 Å². The van der Waals surface area contributed by atoms with Gasteiger partial charge in [0.25, 0.3) is 0 Å². The van der Waals surface area contributed by atoms with Gasteiger partial charge in [-0.05, 0) is 25.1 Å². The Morgan fingerprint density at radius 2 is 1.74 bits per heavy atom. The van der Waals surface area contributed by atoms with Crippen molar-refractivity contribution in [3.05, 3.63) is 46.4 Å². The van der Waals surface area contributed by atoms with E-state index in [4.69, 9.17) is 32.9 Å². The summed E-state index contributed by atoms with van der Waals surface area (Å²) in [5.41, 5.74) is 3.13. The largest absolute Gasteiger partial charge is 0.495 e. The van der Waals surface area contributed by atoms with Gasteiger partial charge < -0.3 is 10.1 Å². The molecular weight excluding hydrogens is 333 g/mol. The highest BCUT2D eigenvalue weighted by Crippen LogP contribution is 2.32. The van der Waals surface area contributed by atoms with E-state index < -0.39 is 0 Å². The Morgan fingerprint density at radius 3 is 2.39 bits per heavy atom. The molecule has 1 aromatic heterocycles. The summed E-state index contributed by atoms with van der Waals surface area (Å²) in [6.07, 6.45) is 0. The number of fused-ring (bicyclic) bond motifs is 1. The predicted octanol–water partition coefficient (Wildman–Crippen LogP) is 5.04. The highest BCUT2D eigenvalue weighted by atomic mass is 35.5. The molecule has 0 bridgehead atoms. The van der Waals surface area contributed by atoms with E-state index in [1.165, 1.54) is 0 Å². The summed E-state index contributed by atoms with van der Waals surface area (Å²) in [6, 6.07) is 11.1. The minimum Gasteiger partial charge on any atom is -0.495 e. The molecule has 0 saturated carbocycles. The van der Waals surface area contributed by atoms with Crippen LogP contribution < -0.4 is 10.1 Å². The van der Waals surface area contributed by atoms with E-state index in [9.17, 15) is 0 Å². The van der Waals surface area contributed by atoms with Crippen LogP contribution in [0, 0.1) is 0 Å². The summed E-state index contributed by atoms with van der Waals surface area (Å²) in [6.45, 7) is 2.76. The van der Waals surface area contributed by atoms with Crippen LogP contribution in [0.5, 0.6) is 5.75 Å². The Labute approximate surface area is 144 Å². The molecule has 23 heavy (non-hydrogen) atoms. The first-order chi connectivity index (χ1) is 11.1.